The fourth-order valence-electron chi connectivity index (χ4n) is 9.17. The number of hydrogen-bond acceptors (Lipinski definition) is 9. The van der Waals surface area contributed by atoms with Crippen LogP contribution in [0.25, 0.3) is 0 Å². The maximum atomic E-state index is 14.2. The van der Waals surface area contributed by atoms with Crippen LogP contribution in [0.15, 0.2) is 47.6 Å². The van der Waals surface area contributed by atoms with E-state index in [-0.39, 0.29) is 72.4 Å². The van der Waals surface area contributed by atoms with Gasteiger partial charge in [0.25, 0.3) is 0 Å². The van der Waals surface area contributed by atoms with Crippen LogP contribution in [0.5, 0.6) is 0 Å². The van der Waals surface area contributed by atoms with Crippen LogP contribution < -0.4 is 0 Å². The van der Waals surface area contributed by atoms with Gasteiger partial charge in [0.15, 0.2) is 0 Å². The summed E-state index contributed by atoms with van der Waals surface area (Å²) in [5, 5.41) is 43.7. The fraction of sp³-hybridized carbons (Fsp3) is 0.760. The monoisotopic (exact) mass is 840 g/mol. The average molecular weight is 840 g/mol. The summed E-state index contributed by atoms with van der Waals surface area (Å²) in [6, 6.07) is -0.822. The largest absolute Gasteiger partial charge is 0.460 e. The van der Waals surface area contributed by atoms with Crippen molar-refractivity contribution in [3.8, 4) is 0 Å². The molecule has 10 heteroatoms. The Bertz CT molecular complexity index is 1520. The molecule has 2 heterocycles. The smallest absolute Gasteiger partial charge is 0.329 e. The Morgan fingerprint density at radius 1 is 0.800 bits per heavy atom. The zero-order valence-corrected chi connectivity index (χ0v) is 38.5. The van der Waals surface area contributed by atoms with Gasteiger partial charge >= 0.3 is 5.97 Å². The predicted octanol–water partition coefficient (Wildman–Crippen LogP) is 8.40. The molecule has 1 saturated carbocycles. The van der Waals surface area contributed by atoms with E-state index in [0.717, 1.165) is 56.9 Å². The normalized spacial score (nSPS) is 39.8. The van der Waals surface area contributed by atoms with Gasteiger partial charge in [-0.15, -0.1) is 0 Å². The molecular weight excluding hydrogens is 759 g/mol. The Hall–Kier alpha value is -2.92. The van der Waals surface area contributed by atoms with Gasteiger partial charge in [0.2, 0.25) is 5.91 Å². The third-order valence-electron chi connectivity index (χ3n) is 14.0. The first-order valence-electron chi connectivity index (χ1n) is 23.2. The van der Waals surface area contributed by atoms with Crippen LogP contribution in [0.2, 0.25) is 0 Å². The molecule has 11 atom stereocenters. The number of rotatable bonds is 3. The van der Waals surface area contributed by atoms with Crippen molar-refractivity contribution in [1.82, 2.24) is 4.90 Å². The van der Waals surface area contributed by atoms with Gasteiger partial charge in [-0.05, 0) is 132 Å². The zero-order chi connectivity index (χ0) is 44.7. The first kappa shape index (κ1) is 51.4. The highest BCUT2D eigenvalue weighted by molar-refractivity contribution is 5.86. The van der Waals surface area contributed by atoms with E-state index in [1.165, 1.54) is 0 Å². The van der Waals surface area contributed by atoms with Crippen LogP contribution in [-0.4, -0.2) is 91.4 Å². The second kappa shape index (κ2) is 24.6. The highest BCUT2D eigenvalue weighted by Gasteiger charge is 2.40. The lowest BCUT2D eigenvalue weighted by atomic mass is 9.79. The number of nitrogens with zero attached hydrogens (tertiary/aromatic N) is 1. The molecule has 0 aromatic rings. The first-order chi connectivity index (χ1) is 28.2. The molecule has 4 N–H and O–H groups in total. The number of ether oxygens (including phenoxy) is 1. The number of carbonyl (C=O) groups is 4. The minimum absolute atomic E-state index is 0.0299. The summed E-state index contributed by atoms with van der Waals surface area (Å²) < 4.78 is 6.29. The second-order valence-electron chi connectivity index (χ2n) is 19.7. The van der Waals surface area contributed by atoms with Gasteiger partial charge in [0, 0.05) is 31.2 Å². The number of fused-ring (bicyclic) bond motifs is 1. The molecule has 2 aliphatic heterocycles. The molecule has 340 valence electrons. The van der Waals surface area contributed by atoms with E-state index in [4.69, 9.17) is 4.74 Å². The summed E-state index contributed by atoms with van der Waals surface area (Å²) in [5.41, 5.74) is 0.0722. The van der Waals surface area contributed by atoms with Crippen molar-refractivity contribution in [2.75, 3.05) is 6.54 Å². The number of cyclic esters (lactones) is 1. The Morgan fingerprint density at radius 2 is 1.48 bits per heavy atom. The lowest BCUT2D eigenvalue weighted by Crippen LogP contribution is -2.52. The lowest BCUT2D eigenvalue weighted by molar-refractivity contribution is -0.166. The van der Waals surface area contributed by atoms with Gasteiger partial charge in [-0.25, -0.2) is 4.79 Å². The van der Waals surface area contributed by atoms with Gasteiger partial charge in [0.1, 0.15) is 23.7 Å². The van der Waals surface area contributed by atoms with Crippen molar-refractivity contribution in [2.24, 2.45) is 41.4 Å². The third-order valence-corrected chi connectivity index (χ3v) is 14.0. The van der Waals surface area contributed by atoms with Crippen LogP contribution >= 0.6 is 0 Å². The Morgan fingerprint density at radius 3 is 2.17 bits per heavy atom. The van der Waals surface area contributed by atoms with Crippen LogP contribution in [0.4, 0.5) is 0 Å². The minimum atomic E-state index is -1.32. The standard InChI is InChI=1S/C50H81NO9/c1-32-15-11-10-12-16-34(3)43(53)26-33(2)18-19-39(8)50(9,59)31-48(57)51-24-14-13-17-42(51)49(58)60-47(38(7)28-40-20-22-41(52)23-21-40)30-46(56)37(6)27-36(5)45(55)29-44(54)35(4)25-32/h10-12,15-16,27,32-33,35,37-43,45,47,52-53,55,59H,13-14,17-26,28-31H2,1-9H3/b12-10+,15-11+,34-16+,36-27+/t32-,33+,35-,37-,38-,39-,40-,41-,42?,43+,45+,47+,50-/m1/s1. The molecular formula is C50H81NO9. The number of hydrogen-bond donors (Lipinski definition) is 4. The van der Waals surface area contributed by atoms with E-state index in [2.05, 4.69) is 6.92 Å². The highest BCUT2D eigenvalue weighted by atomic mass is 16.5. The summed E-state index contributed by atoms with van der Waals surface area (Å²) in [5.74, 6) is -1.65. The molecule has 0 radical (unpaired) electrons. The molecule has 1 aliphatic carbocycles. The topological polar surface area (TPSA) is 162 Å². The SMILES string of the molecule is C/C1=C\[C@@H](C)C(=O)C[C@@H]([C@H](C)C[C@H]2CC[C@H](O)CC2)OC(=O)C2CCCCN2C(=O)C[C@@](C)(O)[C@H](C)CC[C@H](C)C[C@H](O)/C(C)=C/C=C/C=C/[C@@H](C)C[C@@H](C)C(=O)C[C@@H]1O. The minimum Gasteiger partial charge on any atom is -0.460 e. The average Bonchev–Trinajstić information content (AvgIpc) is 3.19. The van der Waals surface area contributed by atoms with Crippen molar-refractivity contribution >= 4 is 23.4 Å². The number of carbonyl (C=O) groups excluding carboxylic acids is 4. The molecule has 0 aromatic carbocycles. The molecule has 3 rings (SSSR count). The van der Waals surface area contributed by atoms with E-state index in [0.29, 0.717) is 43.7 Å². The molecule has 2 fully saturated rings. The zero-order valence-electron chi connectivity index (χ0n) is 38.5. The van der Waals surface area contributed by atoms with Gasteiger partial charge in [-0.1, -0.05) is 84.4 Å². The van der Waals surface area contributed by atoms with E-state index in [1.807, 2.05) is 65.0 Å². The van der Waals surface area contributed by atoms with E-state index in [9.17, 15) is 39.6 Å². The molecule has 0 aromatic heterocycles. The van der Waals surface area contributed by atoms with Crippen molar-refractivity contribution in [2.45, 2.75) is 195 Å². The van der Waals surface area contributed by atoms with Gasteiger partial charge in [-0.3, -0.25) is 14.4 Å². The maximum Gasteiger partial charge on any atom is 0.329 e. The number of ketones is 2. The number of piperidine rings is 1. The van der Waals surface area contributed by atoms with Crippen molar-refractivity contribution in [3.05, 3.63) is 47.6 Å². The summed E-state index contributed by atoms with van der Waals surface area (Å²) >= 11 is 0. The Kier molecular flexibility index (Phi) is 21.1. The Balaban J connectivity index is 1.89. The summed E-state index contributed by atoms with van der Waals surface area (Å²) in [7, 11) is 0. The van der Waals surface area contributed by atoms with Crippen molar-refractivity contribution < 1.29 is 44.3 Å². The van der Waals surface area contributed by atoms with Crippen molar-refractivity contribution in [1.29, 1.82) is 0 Å². The van der Waals surface area contributed by atoms with Crippen LogP contribution in [0.3, 0.4) is 0 Å². The van der Waals surface area contributed by atoms with E-state index >= 15 is 0 Å². The molecule has 1 unspecified atom stereocenters. The van der Waals surface area contributed by atoms with Crippen LogP contribution in [-0.2, 0) is 23.9 Å². The Labute approximate surface area is 362 Å². The fourth-order valence-corrected chi connectivity index (χ4v) is 9.17. The van der Waals surface area contributed by atoms with Crippen LogP contribution in [0.1, 0.15) is 159 Å². The van der Waals surface area contributed by atoms with Gasteiger partial charge in [-0.2, -0.15) is 0 Å². The highest BCUT2D eigenvalue weighted by Crippen LogP contribution is 2.34. The number of amides is 1. The predicted molar refractivity (Wildman–Crippen MR) is 238 cm³/mol. The second-order valence-corrected chi connectivity index (χ2v) is 19.7. The maximum absolute atomic E-state index is 14.2. The van der Waals surface area contributed by atoms with Gasteiger partial charge in [0.05, 0.1) is 30.3 Å². The molecule has 10 nitrogen and oxygen atoms in total. The summed E-state index contributed by atoms with van der Waals surface area (Å²) in [6.45, 7) is 17.4. The number of Topliss-reactive ketones (excluding diaryl/α,β-unsaturated/α-hetero) is 2. The molecule has 3 aliphatic rings. The number of esters is 1. The number of allylic oxidation sites excluding steroid dienone is 6. The molecule has 60 heavy (non-hydrogen) atoms. The van der Waals surface area contributed by atoms with Crippen LogP contribution in [0, 0.1) is 41.4 Å². The van der Waals surface area contributed by atoms with Gasteiger partial charge < -0.3 is 30.1 Å². The third kappa shape index (κ3) is 16.7. The lowest BCUT2D eigenvalue weighted by Gasteiger charge is -2.38. The summed E-state index contributed by atoms with van der Waals surface area (Å²) in [6.07, 6.45) is 16.9. The number of aliphatic hydroxyl groups excluding tert-OH is 3. The van der Waals surface area contributed by atoms with Crippen molar-refractivity contribution in [3.63, 3.8) is 0 Å². The van der Waals surface area contributed by atoms with E-state index in [1.54, 1.807) is 31.7 Å². The number of aliphatic hydroxyl groups is 4. The summed E-state index contributed by atoms with van der Waals surface area (Å²) in [4.78, 5) is 56.8. The van der Waals surface area contributed by atoms with E-state index < -0.39 is 41.8 Å². The molecule has 1 amide bonds. The molecule has 1 saturated heterocycles. The quantitative estimate of drug-likeness (QED) is 0.162. The molecule has 0 spiro atoms. The first-order valence-corrected chi connectivity index (χ1v) is 23.2. The molecule has 0 bridgehead atoms.